The quantitative estimate of drug-likeness (QED) is 0.210. The first-order chi connectivity index (χ1) is 17.6. The second-order valence-electron chi connectivity index (χ2n) is 11.0. The zero-order valence-corrected chi connectivity index (χ0v) is 25.2. The summed E-state index contributed by atoms with van der Waals surface area (Å²) in [6.45, 7) is 4.85. The number of nitrogens with zero attached hydrogens (tertiary/aromatic N) is 5. The molecule has 7 nitrogen and oxygen atoms in total. The molecule has 0 radical (unpaired) electrons. The highest BCUT2D eigenvalue weighted by molar-refractivity contribution is 5.86. The SMILES string of the molecule is CN(C)Cc1c(OCC2CC2)ccc2c(CCC3CCN(Cc4cccn5ccnc45)CC3)noc12.Cl.Cl.Cl. The first kappa shape index (κ1) is 31.5. The lowest BCUT2D eigenvalue weighted by Gasteiger charge is -2.32. The molecule has 0 atom stereocenters. The molecule has 0 N–H and O–H groups in total. The average Bonchev–Trinajstić information content (AvgIpc) is 3.41. The third kappa shape index (κ3) is 7.39. The second kappa shape index (κ2) is 14.0. The molecule has 1 aliphatic carbocycles. The first-order valence-corrected chi connectivity index (χ1v) is 13.4. The summed E-state index contributed by atoms with van der Waals surface area (Å²) in [7, 11) is 4.17. The summed E-state index contributed by atoms with van der Waals surface area (Å²) < 4.78 is 14.2. The highest BCUT2D eigenvalue weighted by atomic mass is 35.5. The molecule has 4 aromatic rings. The van der Waals surface area contributed by atoms with E-state index in [1.165, 1.54) is 31.2 Å². The number of ether oxygens (including phenoxy) is 1. The van der Waals surface area contributed by atoms with Crippen molar-refractivity contribution in [3.8, 4) is 5.75 Å². The van der Waals surface area contributed by atoms with Gasteiger partial charge >= 0.3 is 0 Å². The maximum atomic E-state index is 6.18. The minimum absolute atomic E-state index is 0. The lowest BCUT2D eigenvalue weighted by atomic mass is 9.91. The lowest BCUT2D eigenvalue weighted by molar-refractivity contribution is 0.172. The third-order valence-corrected chi connectivity index (χ3v) is 7.81. The largest absolute Gasteiger partial charge is 0.493 e. The van der Waals surface area contributed by atoms with Gasteiger partial charge in [-0.3, -0.25) is 4.90 Å². The van der Waals surface area contributed by atoms with Crippen LogP contribution in [-0.4, -0.2) is 58.1 Å². The zero-order valence-electron chi connectivity index (χ0n) is 22.8. The standard InChI is InChI=1S/C29H37N5O2.3ClH/c1-32(2)19-25-27(35-20-22-5-6-22)10-8-24-26(31-36-28(24)25)9-7-21-11-15-33(16-12-21)18-23-4-3-14-34-17-13-30-29(23)34;;;/h3-4,8,10,13-14,17,21-22H,5-7,9,11-12,15-16,18-20H2,1-2H3;3*1H. The van der Waals surface area contributed by atoms with Gasteiger partial charge in [0.25, 0.3) is 0 Å². The molecule has 1 saturated carbocycles. The Morgan fingerprint density at radius 2 is 1.79 bits per heavy atom. The average molecular weight is 597 g/mol. The van der Waals surface area contributed by atoms with E-state index in [4.69, 9.17) is 9.26 Å². The highest BCUT2D eigenvalue weighted by Crippen LogP contribution is 2.35. The van der Waals surface area contributed by atoms with E-state index in [0.29, 0.717) is 0 Å². The van der Waals surface area contributed by atoms with Crippen molar-refractivity contribution >= 4 is 53.8 Å². The van der Waals surface area contributed by atoms with Crippen LogP contribution in [0.2, 0.25) is 0 Å². The summed E-state index contributed by atoms with van der Waals surface area (Å²) >= 11 is 0. The van der Waals surface area contributed by atoms with Crippen molar-refractivity contribution in [3.63, 3.8) is 0 Å². The number of rotatable bonds is 10. The summed E-state index contributed by atoms with van der Waals surface area (Å²) in [5.41, 5.74) is 5.50. The van der Waals surface area contributed by atoms with E-state index in [-0.39, 0.29) is 37.2 Å². The Bertz CT molecular complexity index is 1330. The minimum Gasteiger partial charge on any atom is -0.493 e. The van der Waals surface area contributed by atoms with Crippen LogP contribution >= 0.6 is 37.2 Å². The van der Waals surface area contributed by atoms with Gasteiger partial charge in [-0.1, -0.05) is 11.2 Å². The highest BCUT2D eigenvalue weighted by Gasteiger charge is 2.25. The number of pyridine rings is 1. The van der Waals surface area contributed by atoms with Crippen molar-refractivity contribution in [2.45, 2.75) is 51.6 Å². The minimum atomic E-state index is 0. The summed E-state index contributed by atoms with van der Waals surface area (Å²) in [5.74, 6) is 2.41. The molecule has 1 aromatic carbocycles. The maximum Gasteiger partial charge on any atom is 0.175 e. The molecule has 0 bridgehead atoms. The number of piperidine rings is 1. The van der Waals surface area contributed by atoms with Gasteiger partial charge in [0.15, 0.2) is 5.58 Å². The van der Waals surface area contributed by atoms with Gasteiger partial charge in [0.05, 0.1) is 17.9 Å². The second-order valence-corrected chi connectivity index (χ2v) is 11.0. The Morgan fingerprint density at radius 3 is 2.54 bits per heavy atom. The number of aryl methyl sites for hydroxylation is 1. The molecule has 0 amide bonds. The van der Waals surface area contributed by atoms with E-state index in [0.717, 1.165) is 91.1 Å². The molecule has 214 valence electrons. The summed E-state index contributed by atoms with van der Waals surface area (Å²) in [6.07, 6.45) is 13.1. The number of aromatic nitrogens is 3. The van der Waals surface area contributed by atoms with E-state index >= 15 is 0 Å². The lowest BCUT2D eigenvalue weighted by Crippen LogP contribution is -2.33. The predicted molar refractivity (Wildman–Crippen MR) is 163 cm³/mol. The van der Waals surface area contributed by atoms with Crippen LogP contribution in [-0.2, 0) is 19.5 Å². The maximum absolute atomic E-state index is 6.18. The van der Waals surface area contributed by atoms with Crippen molar-refractivity contribution in [1.29, 1.82) is 0 Å². The Balaban J connectivity index is 0.00000140. The Hall–Kier alpha value is -2.03. The van der Waals surface area contributed by atoms with E-state index < -0.39 is 0 Å². The fourth-order valence-corrected chi connectivity index (χ4v) is 5.51. The van der Waals surface area contributed by atoms with Crippen molar-refractivity contribution in [2.75, 3.05) is 33.8 Å². The number of hydrogen-bond donors (Lipinski definition) is 0. The van der Waals surface area contributed by atoms with Crippen molar-refractivity contribution in [2.24, 2.45) is 11.8 Å². The van der Waals surface area contributed by atoms with Gasteiger partial charge < -0.3 is 18.6 Å². The molecule has 1 saturated heterocycles. The van der Waals surface area contributed by atoms with Gasteiger partial charge in [-0.15, -0.1) is 37.2 Å². The van der Waals surface area contributed by atoms with Gasteiger partial charge in [-0.05, 0) is 95.7 Å². The van der Waals surface area contributed by atoms with Crippen molar-refractivity contribution < 1.29 is 9.26 Å². The fraction of sp³-hybridized carbons (Fsp3) is 0.517. The number of halogens is 3. The fourth-order valence-electron chi connectivity index (χ4n) is 5.51. The summed E-state index contributed by atoms with van der Waals surface area (Å²) in [4.78, 5) is 9.28. The molecule has 2 fully saturated rings. The van der Waals surface area contributed by atoms with Crippen LogP contribution < -0.4 is 4.74 Å². The Labute approximate surface area is 249 Å². The van der Waals surface area contributed by atoms with Crippen LogP contribution in [0.4, 0.5) is 0 Å². The number of benzene rings is 1. The summed E-state index contributed by atoms with van der Waals surface area (Å²) in [6, 6.07) is 8.60. The van der Waals surface area contributed by atoms with Gasteiger partial charge in [-0.25, -0.2) is 4.98 Å². The molecule has 0 unspecified atom stereocenters. The van der Waals surface area contributed by atoms with E-state index in [1.807, 2.05) is 12.4 Å². The van der Waals surface area contributed by atoms with E-state index in [1.54, 1.807) is 0 Å². The molecule has 6 rings (SSSR count). The van der Waals surface area contributed by atoms with Crippen LogP contribution in [0.3, 0.4) is 0 Å². The number of fused-ring (bicyclic) bond motifs is 2. The summed E-state index contributed by atoms with van der Waals surface area (Å²) in [5, 5.41) is 5.67. The van der Waals surface area contributed by atoms with Crippen LogP contribution in [0, 0.1) is 11.8 Å². The van der Waals surface area contributed by atoms with Gasteiger partial charge in [0.2, 0.25) is 0 Å². The van der Waals surface area contributed by atoms with E-state index in [2.05, 4.69) is 68.9 Å². The number of hydrogen-bond acceptors (Lipinski definition) is 6. The molecule has 4 heterocycles. The monoisotopic (exact) mass is 595 g/mol. The van der Waals surface area contributed by atoms with Crippen LogP contribution in [0.25, 0.3) is 16.6 Å². The topological polar surface area (TPSA) is 59.0 Å². The van der Waals surface area contributed by atoms with E-state index in [9.17, 15) is 0 Å². The Morgan fingerprint density at radius 1 is 1.00 bits per heavy atom. The zero-order chi connectivity index (χ0) is 24.5. The molecule has 2 aliphatic rings. The molecular formula is C29H40Cl3N5O2. The smallest absolute Gasteiger partial charge is 0.175 e. The van der Waals surface area contributed by atoms with Crippen molar-refractivity contribution in [1.82, 2.24) is 24.3 Å². The number of imidazole rings is 1. The third-order valence-electron chi connectivity index (χ3n) is 7.81. The van der Waals surface area contributed by atoms with Crippen molar-refractivity contribution in [3.05, 3.63) is 59.7 Å². The van der Waals surface area contributed by atoms with Gasteiger partial charge in [0.1, 0.15) is 11.4 Å². The predicted octanol–water partition coefficient (Wildman–Crippen LogP) is 6.44. The van der Waals surface area contributed by atoms with Gasteiger partial charge in [0, 0.05) is 42.6 Å². The molecule has 39 heavy (non-hydrogen) atoms. The van der Waals surface area contributed by atoms with Crippen LogP contribution in [0.1, 0.15) is 48.9 Å². The molecule has 10 heteroatoms. The normalized spacial score (nSPS) is 16.2. The molecular weight excluding hydrogens is 557 g/mol. The van der Waals surface area contributed by atoms with Gasteiger partial charge in [-0.2, -0.15) is 0 Å². The van der Waals surface area contributed by atoms with Crippen LogP contribution in [0.5, 0.6) is 5.75 Å². The van der Waals surface area contributed by atoms with Crippen LogP contribution in [0.15, 0.2) is 47.4 Å². The first-order valence-electron chi connectivity index (χ1n) is 13.4. The number of likely N-dealkylation sites (tertiary alicyclic amines) is 1. The molecule has 0 spiro atoms. The molecule has 1 aliphatic heterocycles. The Kier molecular flexibility index (Phi) is 11.3. The molecule has 3 aromatic heterocycles.